The first-order chi connectivity index (χ1) is 8.27. The van der Waals surface area contributed by atoms with Gasteiger partial charge in [-0.15, -0.1) is 24.8 Å². The van der Waals surface area contributed by atoms with Crippen LogP contribution in [0.2, 0.25) is 0 Å². The standard InChI is InChI=1S/C13H19N3O.2ClH/c1-10-4-2-7-15-12(10)13(17)16-9-11-5-3-6-14-8-11;;/h2,4,7,11,14H,3,5-6,8-9H2,1H3,(H,16,17);2*1H. The van der Waals surface area contributed by atoms with Gasteiger partial charge in [0.2, 0.25) is 0 Å². The van der Waals surface area contributed by atoms with Gasteiger partial charge in [-0.1, -0.05) is 6.07 Å². The molecule has 4 nitrogen and oxygen atoms in total. The van der Waals surface area contributed by atoms with Crippen LogP contribution in [0, 0.1) is 12.8 Å². The number of hydrogen-bond acceptors (Lipinski definition) is 3. The van der Waals surface area contributed by atoms with Gasteiger partial charge in [0.15, 0.2) is 0 Å². The largest absolute Gasteiger partial charge is 0.350 e. The molecule has 1 unspecified atom stereocenters. The molecule has 0 spiro atoms. The van der Waals surface area contributed by atoms with Crippen LogP contribution < -0.4 is 10.6 Å². The minimum absolute atomic E-state index is 0. The Morgan fingerprint density at radius 1 is 1.53 bits per heavy atom. The topological polar surface area (TPSA) is 54.0 Å². The van der Waals surface area contributed by atoms with E-state index in [1.54, 1.807) is 6.20 Å². The number of hydrogen-bond donors (Lipinski definition) is 2. The number of carbonyl (C=O) groups is 1. The zero-order chi connectivity index (χ0) is 12.1. The first-order valence-corrected chi connectivity index (χ1v) is 6.18. The molecule has 0 saturated carbocycles. The number of halogens is 2. The highest BCUT2D eigenvalue weighted by atomic mass is 35.5. The number of carbonyl (C=O) groups excluding carboxylic acids is 1. The molecule has 0 aliphatic carbocycles. The third kappa shape index (κ3) is 5.35. The maximum Gasteiger partial charge on any atom is 0.270 e. The van der Waals surface area contributed by atoms with Crippen LogP contribution in [0.1, 0.15) is 28.9 Å². The van der Waals surface area contributed by atoms with Gasteiger partial charge in [-0.25, -0.2) is 0 Å². The third-order valence-corrected chi connectivity index (χ3v) is 3.17. The molecule has 1 amide bonds. The SMILES string of the molecule is Cc1cccnc1C(=O)NCC1CCCNC1.Cl.Cl. The van der Waals surface area contributed by atoms with Gasteiger partial charge in [0, 0.05) is 12.7 Å². The number of aryl methyl sites for hydroxylation is 1. The van der Waals surface area contributed by atoms with Crippen LogP contribution in [-0.2, 0) is 0 Å². The summed E-state index contributed by atoms with van der Waals surface area (Å²) in [4.78, 5) is 16.0. The number of amides is 1. The Labute approximate surface area is 126 Å². The van der Waals surface area contributed by atoms with Crippen molar-refractivity contribution in [2.45, 2.75) is 19.8 Å². The lowest BCUT2D eigenvalue weighted by Crippen LogP contribution is -2.38. The summed E-state index contributed by atoms with van der Waals surface area (Å²) in [6, 6.07) is 3.75. The van der Waals surface area contributed by atoms with E-state index in [4.69, 9.17) is 0 Å². The van der Waals surface area contributed by atoms with Gasteiger partial charge in [-0.3, -0.25) is 9.78 Å². The van der Waals surface area contributed by atoms with Crippen molar-refractivity contribution in [3.63, 3.8) is 0 Å². The number of nitrogens with one attached hydrogen (secondary N) is 2. The maximum absolute atomic E-state index is 11.9. The summed E-state index contributed by atoms with van der Waals surface area (Å²) in [5.41, 5.74) is 1.46. The summed E-state index contributed by atoms with van der Waals surface area (Å²) in [6.45, 7) is 4.75. The van der Waals surface area contributed by atoms with E-state index in [1.807, 2.05) is 19.1 Å². The molecule has 1 saturated heterocycles. The summed E-state index contributed by atoms with van der Waals surface area (Å²) in [6.07, 6.45) is 4.04. The molecule has 0 bridgehead atoms. The Morgan fingerprint density at radius 2 is 2.32 bits per heavy atom. The molecule has 1 aliphatic heterocycles. The normalized spacial score (nSPS) is 17.8. The fourth-order valence-electron chi connectivity index (χ4n) is 2.14. The summed E-state index contributed by atoms with van der Waals surface area (Å²) < 4.78 is 0. The molecule has 0 aromatic carbocycles. The molecule has 1 atom stereocenters. The van der Waals surface area contributed by atoms with Crippen molar-refractivity contribution in [2.75, 3.05) is 19.6 Å². The minimum Gasteiger partial charge on any atom is -0.350 e. The van der Waals surface area contributed by atoms with Crippen molar-refractivity contribution in [1.29, 1.82) is 0 Å². The molecule has 19 heavy (non-hydrogen) atoms. The van der Waals surface area contributed by atoms with Gasteiger partial charge in [0.1, 0.15) is 5.69 Å². The van der Waals surface area contributed by atoms with E-state index >= 15 is 0 Å². The Morgan fingerprint density at radius 3 is 2.95 bits per heavy atom. The molecule has 0 radical (unpaired) electrons. The molecular weight excluding hydrogens is 285 g/mol. The fourth-order valence-corrected chi connectivity index (χ4v) is 2.14. The van der Waals surface area contributed by atoms with E-state index in [1.165, 1.54) is 12.8 Å². The Kier molecular flexibility index (Phi) is 8.72. The van der Waals surface area contributed by atoms with Crippen molar-refractivity contribution in [2.24, 2.45) is 5.92 Å². The minimum atomic E-state index is -0.0614. The second-order valence-electron chi connectivity index (χ2n) is 4.59. The van der Waals surface area contributed by atoms with Crippen molar-refractivity contribution in [1.82, 2.24) is 15.6 Å². The summed E-state index contributed by atoms with van der Waals surface area (Å²) in [5, 5.41) is 6.31. The van der Waals surface area contributed by atoms with E-state index in [9.17, 15) is 4.79 Å². The molecular formula is C13H21Cl2N3O. The molecule has 6 heteroatoms. The number of aromatic nitrogens is 1. The highest BCUT2D eigenvalue weighted by Crippen LogP contribution is 2.09. The zero-order valence-corrected chi connectivity index (χ0v) is 12.6. The van der Waals surface area contributed by atoms with Gasteiger partial charge >= 0.3 is 0 Å². The Hall–Kier alpha value is -0.840. The van der Waals surface area contributed by atoms with Crippen LogP contribution >= 0.6 is 24.8 Å². The van der Waals surface area contributed by atoms with Crippen molar-refractivity contribution in [3.05, 3.63) is 29.6 Å². The van der Waals surface area contributed by atoms with E-state index in [0.717, 1.165) is 25.2 Å². The maximum atomic E-state index is 11.9. The van der Waals surface area contributed by atoms with Crippen molar-refractivity contribution >= 4 is 30.7 Å². The van der Waals surface area contributed by atoms with Gasteiger partial charge in [-0.05, 0) is 50.4 Å². The molecule has 2 heterocycles. The predicted molar refractivity (Wildman–Crippen MR) is 81.4 cm³/mol. The van der Waals surface area contributed by atoms with Crippen LogP contribution in [0.25, 0.3) is 0 Å². The van der Waals surface area contributed by atoms with E-state index in [-0.39, 0.29) is 30.7 Å². The monoisotopic (exact) mass is 305 g/mol. The summed E-state index contributed by atoms with van der Waals surface area (Å²) in [7, 11) is 0. The smallest absolute Gasteiger partial charge is 0.270 e. The summed E-state index contributed by atoms with van der Waals surface area (Å²) in [5.74, 6) is 0.491. The third-order valence-electron chi connectivity index (χ3n) is 3.17. The molecule has 1 aliphatic rings. The van der Waals surface area contributed by atoms with Gasteiger partial charge in [0.05, 0.1) is 0 Å². The van der Waals surface area contributed by atoms with Crippen LogP contribution in [-0.4, -0.2) is 30.5 Å². The van der Waals surface area contributed by atoms with Crippen LogP contribution in [0.15, 0.2) is 18.3 Å². The Bertz CT molecular complexity index is 395. The molecule has 2 rings (SSSR count). The number of pyridine rings is 1. The quantitative estimate of drug-likeness (QED) is 0.897. The molecule has 2 N–H and O–H groups in total. The van der Waals surface area contributed by atoms with Crippen LogP contribution in [0.5, 0.6) is 0 Å². The van der Waals surface area contributed by atoms with Crippen molar-refractivity contribution < 1.29 is 4.79 Å². The highest BCUT2D eigenvalue weighted by Gasteiger charge is 2.15. The van der Waals surface area contributed by atoms with Gasteiger partial charge in [-0.2, -0.15) is 0 Å². The molecule has 1 aromatic heterocycles. The average molecular weight is 306 g/mol. The van der Waals surface area contributed by atoms with E-state index in [2.05, 4.69) is 15.6 Å². The predicted octanol–water partition coefficient (Wildman–Crippen LogP) is 1.96. The number of piperidine rings is 1. The lowest BCUT2D eigenvalue weighted by Gasteiger charge is -2.22. The highest BCUT2D eigenvalue weighted by molar-refractivity contribution is 5.93. The number of rotatable bonds is 3. The lowest BCUT2D eigenvalue weighted by molar-refractivity contribution is 0.0939. The van der Waals surface area contributed by atoms with Crippen LogP contribution in [0.4, 0.5) is 0 Å². The van der Waals surface area contributed by atoms with Gasteiger partial charge in [0.25, 0.3) is 5.91 Å². The van der Waals surface area contributed by atoms with Crippen LogP contribution in [0.3, 0.4) is 0 Å². The van der Waals surface area contributed by atoms with E-state index < -0.39 is 0 Å². The lowest BCUT2D eigenvalue weighted by atomic mass is 10.00. The second kappa shape index (κ2) is 9.13. The van der Waals surface area contributed by atoms with Crippen molar-refractivity contribution in [3.8, 4) is 0 Å². The average Bonchev–Trinajstić information content (AvgIpc) is 2.38. The first-order valence-electron chi connectivity index (χ1n) is 6.18. The zero-order valence-electron chi connectivity index (χ0n) is 11.0. The summed E-state index contributed by atoms with van der Waals surface area (Å²) >= 11 is 0. The first kappa shape index (κ1) is 18.2. The van der Waals surface area contributed by atoms with Gasteiger partial charge < -0.3 is 10.6 Å². The van der Waals surface area contributed by atoms with E-state index in [0.29, 0.717) is 11.6 Å². The Balaban J connectivity index is 0.00000162. The molecule has 108 valence electrons. The molecule has 1 aromatic rings. The fraction of sp³-hybridized carbons (Fsp3) is 0.538. The molecule has 1 fully saturated rings. The second-order valence-corrected chi connectivity index (χ2v) is 4.59. The number of nitrogens with zero attached hydrogens (tertiary/aromatic N) is 1.